The summed E-state index contributed by atoms with van der Waals surface area (Å²) in [6, 6.07) is 5.10. The lowest BCUT2D eigenvalue weighted by atomic mass is 10.1. The molecular formula is C22H10F8N2O3. The summed E-state index contributed by atoms with van der Waals surface area (Å²) in [5.41, 5.74) is -4.02. The maximum absolute atomic E-state index is 14.7. The van der Waals surface area contributed by atoms with Crippen molar-refractivity contribution in [3.05, 3.63) is 76.4 Å². The van der Waals surface area contributed by atoms with Crippen LogP contribution in [0.5, 0.6) is 17.2 Å². The predicted molar refractivity (Wildman–Crippen MR) is 103 cm³/mol. The van der Waals surface area contributed by atoms with E-state index in [1.807, 2.05) is 0 Å². The van der Waals surface area contributed by atoms with E-state index in [-0.39, 0.29) is 5.75 Å². The number of halogens is 8. The van der Waals surface area contributed by atoms with Gasteiger partial charge >= 0.3 is 0 Å². The Morgan fingerprint density at radius 1 is 0.600 bits per heavy atom. The van der Waals surface area contributed by atoms with Gasteiger partial charge in [-0.1, -0.05) is 0 Å². The minimum absolute atomic E-state index is 0.204. The smallest absolute Gasteiger partial charge is 0.254 e. The summed E-state index contributed by atoms with van der Waals surface area (Å²) >= 11 is 0. The molecule has 0 saturated heterocycles. The molecule has 0 aliphatic carbocycles. The van der Waals surface area contributed by atoms with E-state index >= 15 is 0 Å². The zero-order valence-electron chi connectivity index (χ0n) is 17.5. The summed E-state index contributed by atoms with van der Waals surface area (Å²) in [6.07, 6.45) is 0. The molecule has 4 aromatic rings. The molecule has 0 radical (unpaired) electrons. The van der Waals surface area contributed by atoms with Crippen molar-refractivity contribution in [2.75, 3.05) is 7.11 Å². The van der Waals surface area contributed by atoms with E-state index in [0.29, 0.717) is 5.75 Å². The van der Waals surface area contributed by atoms with Crippen molar-refractivity contribution in [1.29, 1.82) is 0 Å². The molecule has 1 heterocycles. The van der Waals surface area contributed by atoms with Crippen molar-refractivity contribution in [1.82, 2.24) is 10.2 Å². The molecule has 0 fully saturated rings. The van der Waals surface area contributed by atoms with Crippen molar-refractivity contribution in [2.24, 2.45) is 0 Å². The van der Waals surface area contributed by atoms with Crippen LogP contribution in [0.4, 0.5) is 35.1 Å². The minimum Gasteiger partial charge on any atom is -0.497 e. The number of aromatic nitrogens is 2. The summed E-state index contributed by atoms with van der Waals surface area (Å²) in [5, 5.41) is 6.19. The fourth-order valence-corrected chi connectivity index (χ4v) is 3.01. The lowest BCUT2D eigenvalue weighted by molar-refractivity contribution is 0.365. The van der Waals surface area contributed by atoms with Gasteiger partial charge in [-0.3, -0.25) is 0 Å². The van der Waals surface area contributed by atoms with E-state index in [1.54, 1.807) is 0 Å². The van der Waals surface area contributed by atoms with Crippen LogP contribution >= 0.6 is 0 Å². The van der Waals surface area contributed by atoms with Gasteiger partial charge in [-0.25, -0.2) is 26.3 Å². The van der Waals surface area contributed by atoms with Crippen LogP contribution in [0.3, 0.4) is 0 Å². The van der Waals surface area contributed by atoms with Crippen LogP contribution in [0.15, 0.2) is 28.7 Å². The van der Waals surface area contributed by atoms with Crippen LogP contribution in [0.2, 0.25) is 0 Å². The van der Waals surface area contributed by atoms with E-state index in [2.05, 4.69) is 10.2 Å². The maximum atomic E-state index is 14.7. The molecule has 0 N–H and O–H groups in total. The first-order chi connectivity index (χ1) is 16.6. The zero-order chi connectivity index (χ0) is 25.6. The lowest BCUT2D eigenvalue weighted by Gasteiger charge is -2.11. The van der Waals surface area contributed by atoms with Crippen LogP contribution in [-0.4, -0.2) is 17.3 Å². The molecule has 4 rings (SSSR count). The molecule has 5 nitrogen and oxygen atoms in total. The molecule has 1 aromatic heterocycles. The monoisotopic (exact) mass is 502 g/mol. The average molecular weight is 502 g/mol. The normalized spacial score (nSPS) is 11.1. The molecule has 0 aliphatic heterocycles. The highest BCUT2D eigenvalue weighted by Crippen LogP contribution is 2.39. The van der Waals surface area contributed by atoms with Crippen molar-refractivity contribution in [3.63, 3.8) is 0 Å². The molecule has 13 heteroatoms. The third kappa shape index (κ3) is 3.92. The minimum atomic E-state index is -2.05. The number of hydrogen-bond acceptors (Lipinski definition) is 5. The standard InChI is InChI=1S/C22H10F8N2O3/c1-7-12(23)14(25)10(15(26)13(7)24)21-31-32-22(35-21)11-16(27)18(29)20(19(30)17(11)28)34-9-5-3-8(33-2)4-6-9/h3-6H,1-2H3. The zero-order valence-corrected chi connectivity index (χ0v) is 17.5. The summed E-state index contributed by atoms with van der Waals surface area (Å²) in [6.45, 7) is 0.756. The van der Waals surface area contributed by atoms with E-state index in [9.17, 15) is 35.1 Å². The van der Waals surface area contributed by atoms with Gasteiger partial charge in [0.05, 0.1) is 7.11 Å². The highest BCUT2D eigenvalue weighted by Gasteiger charge is 2.33. The van der Waals surface area contributed by atoms with Crippen LogP contribution < -0.4 is 9.47 Å². The van der Waals surface area contributed by atoms with Crippen LogP contribution in [0, 0.1) is 53.5 Å². The first kappa shape index (κ1) is 24.0. The van der Waals surface area contributed by atoms with Gasteiger partial charge in [0.25, 0.3) is 11.8 Å². The van der Waals surface area contributed by atoms with Gasteiger partial charge in [-0.05, 0) is 31.2 Å². The van der Waals surface area contributed by atoms with Gasteiger partial charge in [0.2, 0.25) is 17.4 Å². The van der Waals surface area contributed by atoms with E-state index < -0.39 is 80.8 Å². The van der Waals surface area contributed by atoms with Gasteiger partial charge in [0, 0.05) is 5.56 Å². The van der Waals surface area contributed by atoms with Crippen molar-refractivity contribution in [2.45, 2.75) is 6.92 Å². The number of hydrogen-bond donors (Lipinski definition) is 0. The number of nitrogens with zero attached hydrogens (tertiary/aromatic N) is 2. The topological polar surface area (TPSA) is 57.4 Å². The Morgan fingerprint density at radius 2 is 1.00 bits per heavy atom. The fourth-order valence-electron chi connectivity index (χ4n) is 3.01. The quantitative estimate of drug-likeness (QED) is 0.227. The molecule has 0 unspecified atom stereocenters. The van der Waals surface area contributed by atoms with Crippen LogP contribution in [-0.2, 0) is 0 Å². The van der Waals surface area contributed by atoms with Crippen molar-refractivity contribution in [3.8, 4) is 40.2 Å². The van der Waals surface area contributed by atoms with Gasteiger partial charge in [0.1, 0.15) is 22.6 Å². The molecule has 35 heavy (non-hydrogen) atoms. The van der Waals surface area contributed by atoms with E-state index in [0.717, 1.165) is 6.92 Å². The van der Waals surface area contributed by atoms with E-state index in [1.165, 1.54) is 31.4 Å². The second kappa shape index (κ2) is 8.89. The second-order valence-corrected chi connectivity index (χ2v) is 6.91. The highest BCUT2D eigenvalue weighted by atomic mass is 19.2. The Bertz CT molecular complexity index is 1400. The predicted octanol–water partition coefficient (Wildman–Crippen LogP) is 6.63. The van der Waals surface area contributed by atoms with E-state index in [4.69, 9.17) is 13.9 Å². The molecule has 0 amide bonds. The summed E-state index contributed by atoms with van der Waals surface area (Å²) in [5.74, 6) is -19.3. The highest BCUT2D eigenvalue weighted by molar-refractivity contribution is 5.62. The van der Waals surface area contributed by atoms with Crippen LogP contribution in [0.1, 0.15) is 5.56 Å². The second-order valence-electron chi connectivity index (χ2n) is 6.91. The third-order valence-electron chi connectivity index (χ3n) is 4.84. The van der Waals surface area contributed by atoms with Crippen LogP contribution in [0.25, 0.3) is 22.9 Å². The molecular weight excluding hydrogens is 492 g/mol. The SMILES string of the molecule is COc1ccc(Oc2c(F)c(F)c(-c3nnc(-c4c(F)c(F)c(C)c(F)c4F)o3)c(F)c2F)cc1. The summed E-state index contributed by atoms with van der Waals surface area (Å²) < 4.78 is 129. The number of rotatable bonds is 5. The van der Waals surface area contributed by atoms with Gasteiger partial charge in [0.15, 0.2) is 34.9 Å². The largest absolute Gasteiger partial charge is 0.497 e. The van der Waals surface area contributed by atoms with Gasteiger partial charge in [-0.15, -0.1) is 10.2 Å². The molecule has 0 aliphatic rings. The summed E-state index contributed by atoms with van der Waals surface area (Å²) in [4.78, 5) is 0. The Kier molecular flexibility index (Phi) is 6.09. The maximum Gasteiger partial charge on any atom is 0.254 e. The first-order valence-corrected chi connectivity index (χ1v) is 9.41. The molecule has 0 atom stereocenters. The fraction of sp³-hybridized carbons (Fsp3) is 0.0909. The Hall–Kier alpha value is -4.16. The molecule has 0 spiro atoms. The van der Waals surface area contributed by atoms with Gasteiger partial charge in [-0.2, -0.15) is 8.78 Å². The molecule has 3 aromatic carbocycles. The number of ether oxygens (including phenoxy) is 2. The van der Waals surface area contributed by atoms with Crippen molar-refractivity contribution >= 4 is 0 Å². The third-order valence-corrected chi connectivity index (χ3v) is 4.84. The summed E-state index contributed by atoms with van der Waals surface area (Å²) in [7, 11) is 1.36. The van der Waals surface area contributed by atoms with Gasteiger partial charge < -0.3 is 13.9 Å². The molecule has 0 bridgehead atoms. The average Bonchev–Trinajstić information content (AvgIpc) is 3.32. The Labute approximate surface area is 190 Å². The number of benzene rings is 3. The Morgan fingerprint density at radius 3 is 1.43 bits per heavy atom. The lowest BCUT2D eigenvalue weighted by Crippen LogP contribution is -2.04. The Balaban J connectivity index is 1.79. The first-order valence-electron chi connectivity index (χ1n) is 9.41. The molecule has 0 saturated carbocycles. The number of methoxy groups -OCH3 is 1. The van der Waals surface area contributed by atoms with Crippen molar-refractivity contribution < 1.29 is 49.0 Å². The molecule has 182 valence electrons.